The van der Waals surface area contributed by atoms with Crippen molar-refractivity contribution >= 4 is 0 Å². The number of hydrogen-bond donors (Lipinski definition) is 0. The van der Waals surface area contributed by atoms with Gasteiger partial charge >= 0.3 is 0 Å². The minimum Gasteiger partial charge on any atom is -0.478 e. The van der Waals surface area contributed by atoms with Gasteiger partial charge in [-0.25, -0.2) is 4.98 Å². The van der Waals surface area contributed by atoms with Crippen LogP contribution in [0.15, 0.2) is 47.2 Å². The summed E-state index contributed by atoms with van der Waals surface area (Å²) in [6.07, 6.45) is 5.63. The van der Waals surface area contributed by atoms with Gasteiger partial charge in [0.2, 0.25) is 5.88 Å². The molecule has 0 radical (unpaired) electrons. The second-order valence-electron chi connectivity index (χ2n) is 6.43. The molecule has 1 unspecified atom stereocenters. The molecule has 23 heavy (non-hydrogen) atoms. The Kier molecular flexibility index (Phi) is 4.06. The molecule has 5 heteroatoms. The van der Waals surface area contributed by atoms with Crippen molar-refractivity contribution in [3.8, 4) is 5.88 Å². The number of likely N-dealkylation sites (tertiary alicyclic amines) is 1. The van der Waals surface area contributed by atoms with Crippen molar-refractivity contribution < 1.29 is 13.9 Å². The average molecular weight is 314 g/mol. The van der Waals surface area contributed by atoms with Crippen molar-refractivity contribution in [2.75, 3.05) is 26.3 Å². The second kappa shape index (κ2) is 6.34. The van der Waals surface area contributed by atoms with E-state index in [2.05, 4.69) is 9.88 Å². The number of aromatic nitrogens is 1. The van der Waals surface area contributed by atoms with Gasteiger partial charge < -0.3 is 13.9 Å². The van der Waals surface area contributed by atoms with Gasteiger partial charge in [0.05, 0.1) is 25.0 Å². The van der Waals surface area contributed by atoms with Crippen LogP contribution in [0.25, 0.3) is 0 Å². The Balaban J connectivity index is 1.26. The summed E-state index contributed by atoms with van der Waals surface area (Å²) < 4.78 is 17.3. The van der Waals surface area contributed by atoms with Crippen LogP contribution in [-0.4, -0.2) is 41.8 Å². The first-order valence-electron chi connectivity index (χ1n) is 8.27. The molecule has 0 saturated carbocycles. The predicted molar refractivity (Wildman–Crippen MR) is 85.1 cm³/mol. The summed E-state index contributed by atoms with van der Waals surface area (Å²) >= 11 is 0. The lowest BCUT2D eigenvalue weighted by atomic mass is 9.79. The molecule has 0 aromatic carbocycles. The van der Waals surface area contributed by atoms with Crippen LogP contribution in [0.1, 0.15) is 18.6 Å². The van der Waals surface area contributed by atoms with Crippen LogP contribution in [0, 0.1) is 5.92 Å². The summed E-state index contributed by atoms with van der Waals surface area (Å²) in [5.41, 5.74) is 0.0278. The fourth-order valence-electron chi connectivity index (χ4n) is 3.73. The molecule has 4 rings (SSSR count). The fraction of sp³-hybridized carbons (Fsp3) is 0.500. The Bertz CT molecular complexity index is 608. The first kappa shape index (κ1) is 14.7. The first-order valence-corrected chi connectivity index (χ1v) is 8.27. The largest absolute Gasteiger partial charge is 0.478 e. The summed E-state index contributed by atoms with van der Waals surface area (Å²) in [6, 6.07) is 9.71. The summed E-state index contributed by atoms with van der Waals surface area (Å²) in [6.45, 7) is 4.41. The minimum absolute atomic E-state index is 0.0278. The molecule has 0 N–H and O–H groups in total. The van der Waals surface area contributed by atoms with Crippen molar-refractivity contribution in [3.05, 3.63) is 48.6 Å². The van der Waals surface area contributed by atoms with Gasteiger partial charge in [-0.1, -0.05) is 6.07 Å². The molecular weight excluding hydrogens is 292 g/mol. The molecule has 2 aromatic rings. The molecule has 2 aliphatic rings. The van der Waals surface area contributed by atoms with Crippen LogP contribution < -0.4 is 4.74 Å². The van der Waals surface area contributed by atoms with E-state index >= 15 is 0 Å². The van der Waals surface area contributed by atoms with E-state index < -0.39 is 0 Å². The molecule has 2 aliphatic heterocycles. The normalized spacial score (nSPS) is 23.0. The molecule has 2 fully saturated rings. The molecule has 2 saturated heterocycles. The number of ether oxygens (including phenoxy) is 2. The van der Waals surface area contributed by atoms with Crippen LogP contribution >= 0.6 is 0 Å². The molecule has 0 bridgehead atoms. The Morgan fingerprint density at radius 2 is 2.22 bits per heavy atom. The number of nitrogens with zero attached hydrogens (tertiary/aromatic N) is 2. The molecule has 0 amide bonds. The topological polar surface area (TPSA) is 47.7 Å². The summed E-state index contributed by atoms with van der Waals surface area (Å²) in [7, 11) is 0. The van der Waals surface area contributed by atoms with Crippen molar-refractivity contribution in [3.63, 3.8) is 0 Å². The fourth-order valence-corrected chi connectivity index (χ4v) is 3.73. The molecule has 122 valence electrons. The zero-order valence-corrected chi connectivity index (χ0v) is 13.2. The SMILES string of the molecule is c1ccc(OCCC2CCOC23CN(Cc2ccco2)C3)nc1. The van der Waals surface area contributed by atoms with Crippen LogP contribution in [0.4, 0.5) is 0 Å². The first-order chi connectivity index (χ1) is 11.3. The van der Waals surface area contributed by atoms with Crippen molar-refractivity contribution in [1.82, 2.24) is 9.88 Å². The Morgan fingerprint density at radius 1 is 1.26 bits per heavy atom. The second-order valence-corrected chi connectivity index (χ2v) is 6.43. The van der Waals surface area contributed by atoms with Gasteiger partial charge in [-0.3, -0.25) is 4.90 Å². The standard InChI is InChI=1S/C18H22N2O3/c1-2-8-19-17(5-1)22-10-6-15-7-11-23-18(15)13-20(14-18)12-16-4-3-9-21-16/h1-5,8-9,15H,6-7,10-14H2. The lowest BCUT2D eigenvalue weighted by molar-refractivity contribution is -0.139. The average Bonchev–Trinajstić information content (AvgIpc) is 3.18. The maximum Gasteiger partial charge on any atom is 0.213 e. The predicted octanol–water partition coefficient (Wildman–Crippen LogP) is 2.73. The van der Waals surface area contributed by atoms with Gasteiger partial charge in [0.1, 0.15) is 5.76 Å². The van der Waals surface area contributed by atoms with Crippen molar-refractivity contribution in [2.45, 2.75) is 25.0 Å². The summed E-state index contributed by atoms with van der Waals surface area (Å²) in [5.74, 6) is 2.29. The van der Waals surface area contributed by atoms with Crippen LogP contribution in [0.3, 0.4) is 0 Å². The van der Waals surface area contributed by atoms with Gasteiger partial charge in [-0.2, -0.15) is 0 Å². The van der Waals surface area contributed by atoms with E-state index in [1.165, 1.54) is 0 Å². The van der Waals surface area contributed by atoms with Gasteiger partial charge in [0, 0.05) is 32.0 Å². The van der Waals surface area contributed by atoms with E-state index in [-0.39, 0.29) is 5.60 Å². The van der Waals surface area contributed by atoms with E-state index in [4.69, 9.17) is 13.9 Å². The lowest BCUT2D eigenvalue weighted by Crippen LogP contribution is -2.64. The van der Waals surface area contributed by atoms with Crippen molar-refractivity contribution in [2.24, 2.45) is 5.92 Å². The highest BCUT2D eigenvalue weighted by atomic mass is 16.5. The minimum atomic E-state index is 0.0278. The Labute approximate surface area is 136 Å². The lowest BCUT2D eigenvalue weighted by Gasteiger charge is -2.50. The third-order valence-electron chi connectivity index (χ3n) is 4.90. The van der Waals surface area contributed by atoms with E-state index in [1.54, 1.807) is 12.5 Å². The van der Waals surface area contributed by atoms with Crippen LogP contribution in [-0.2, 0) is 11.3 Å². The van der Waals surface area contributed by atoms with Gasteiger partial charge in [0.25, 0.3) is 0 Å². The molecule has 0 aliphatic carbocycles. The summed E-state index contributed by atoms with van der Waals surface area (Å²) in [5, 5.41) is 0. The number of hydrogen-bond acceptors (Lipinski definition) is 5. The Morgan fingerprint density at radius 3 is 3.00 bits per heavy atom. The maximum absolute atomic E-state index is 6.10. The smallest absolute Gasteiger partial charge is 0.213 e. The number of pyridine rings is 1. The molecule has 2 aromatic heterocycles. The third kappa shape index (κ3) is 3.12. The monoisotopic (exact) mass is 314 g/mol. The third-order valence-corrected chi connectivity index (χ3v) is 4.90. The molecule has 4 heterocycles. The quantitative estimate of drug-likeness (QED) is 0.820. The van der Waals surface area contributed by atoms with Gasteiger partial charge in [-0.05, 0) is 37.0 Å². The summed E-state index contributed by atoms with van der Waals surface area (Å²) in [4.78, 5) is 6.58. The molecule has 1 spiro atoms. The Hall–Kier alpha value is -1.85. The molecule has 5 nitrogen and oxygen atoms in total. The highest BCUT2D eigenvalue weighted by Crippen LogP contribution is 2.42. The zero-order valence-electron chi connectivity index (χ0n) is 13.2. The highest BCUT2D eigenvalue weighted by molar-refractivity contribution is 5.10. The van der Waals surface area contributed by atoms with Crippen LogP contribution in [0.2, 0.25) is 0 Å². The van der Waals surface area contributed by atoms with E-state index in [9.17, 15) is 0 Å². The van der Waals surface area contributed by atoms with E-state index in [0.29, 0.717) is 18.4 Å². The number of furan rings is 1. The highest BCUT2D eigenvalue weighted by Gasteiger charge is 2.52. The van der Waals surface area contributed by atoms with Gasteiger partial charge in [-0.15, -0.1) is 0 Å². The molecule has 1 atom stereocenters. The van der Waals surface area contributed by atoms with Crippen molar-refractivity contribution in [1.29, 1.82) is 0 Å². The van der Waals surface area contributed by atoms with Crippen LogP contribution in [0.5, 0.6) is 5.88 Å². The zero-order chi connectivity index (χ0) is 15.5. The van der Waals surface area contributed by atoms with E-state index in [1.807, 2.05) is 30.3 Å². The maximum atomic E-state index is 6.10. The van der Waals surface area contributed by atoms with E-state index in [0.717, 1.165) is 44.8 Å². The van der Waals surface area contributed by atoms with Gasteiger partial charge in [0.15, 0.2) is 0 Å². The number of rotatable bonds is 6. The molecular formula is C18H22N2O3.